The molecule has 0 spiro atoms. The maximum atomic E-state index is 14.2. The second-order valence-electron chi connectivity index (χ2n) is 11.1. The predicted octanol–water partition coefficient (Wildman–Crippen LogP) is 1.72. The molecule has 1 aliphatic heterocycles. The minimum Gasteiger partial charge on any atom is -0.356 e. The lowest BCUT2D eigenvalue weighted by Crippen LogP contribution is -2.41. The third-order valence-electron chi connectivity index (χ3n) is 8.50. The summed E-state index contributed by atoms with van der Waals surface area (Å²) in [4.78, 5) is 70.7. The summed E-state index contributed by atoms with van der Waals surface area (Å²) in [5.41, 5.74) is -1.11. The molecule has 5 heterocycles. The summed E-state index contributed by atoms with van der Waals surface area (Å²) in [6.45, 7) is 5.83. The first kappa shape index (κ1) is 27.4. The Hall–Kier alpha value is -4.75. The maximum absolute atomic E-state index is 14.2. The third kappa shape index (κ3) is 4.46. The molecular weight excluding hydrogens is 545 g/mol. The van der Waals surface area contributed by atoms with Gasteiger partial charge in [0.25, 0.3) is 5.56 Å². The van der Waals surface area contributed by atoms with Gasteiger partial charge in [0.2, 0.25) is 5.91 Å². The molecule has 218 valence electrons. The van der Waals surface area contributed by atoms with Crippen molar-refractivity contribution in [1.82, 2.24) is 33.6 Å². The maximum Gasteiger partial charge on any atom is 0.332 e. The summed E-state index contributed by atoms with van der Waals surface area (Å²) in [5.74, 6) is 0.322. The lowest BCUT2D eigenvalue weighted by Gasteiger charge is -2.21. The smallest absolute Gasteiger partial charge is 0.332 e. The van der Waals surface area contributed by atoms with Gasteiger partial charge >= 0.3 is 5.69 Å². The van der Waals surface area contributed by atoms with Gasteiger partial charge in [-0.25, -0.2) is 24.1 Å². The first-order valence-electron chi connectivity index (χ1n) is 13.7. The van der Waals surface area contributed by atoms with Crippen molar-refractivity contribution < 1.29 is 14.0 Å². The summed E-state index contributed by atoms with van der Waals surface area (Å²) in [5, 5.41) is 2.72. The molecule has 0 radical (unpaired) electrons. The van der Waals surface area contributed by atoms with E-state index in [1.165, 1.54) is 28.7 Å². The summed E-state index contributed by atoms with van der Waals surface area (Å²) < 4.78 is 17.6. The lowest BCUT2D eigenvalue weighted by molar-refractivity contribution is -0.120. The number of piperidine rings is 1. The Morgan fingerprint density at radius 2 is 1.88 bits per heavy atom. The van der Waals surface area contributed by atoms with E-state index in [1.807, 2.05) is 12.1 Å². The number of rotatable bonds is 8. The van der Waals surface area contributed by atoms with Crippen molar-refractivity contribution >= 4 is 34.5 Å². The number of carbonyl (C=O) groups is 2. The molecule has 1 amide bonds. The van der Waals surface area contributed by atoms with E-state index in [1.54, 1.807) is 33.2 Å². The van der Waals surface area contributed by atoms with Crippen LogP contribution in [0.25, 0.3) is 22.4 Å². The molecule has 1 aliphatic carbocycles. The highest BCUT2D eigenvalue weighted by Gasteiger charge is 2.66. The Labute approximate surface area is 239 Å². The number of amides is 1. The van der Waals surface area contributed by atoms with E-state index in [9.17, 15) is 23.6 Å². The number of carbonyl (C=O) groups excluding carboxylic acids is 2. The predicted molar refractivity (Wildman–Crippen MR) is 152 cm³/mol. The molecule has 2 unspecified atom stereocenters. The van der Waals surface area contributed by atoms with Gasteiger partial charge in [0.05, 0.1) is 31.0 Å². The average molecular weight is 576 g/mol. The van der Waals surface area contributed by atoms with Crippen LogP contribution >= 0.6 is 0 Å². The highest BCUT2D eigenvalue weighted by atomic mass is 19.1. The third-order valence-corrected chi connectivity index (χ3v) is 8.50. The Bertz CT molecular complexity index is 1830. The summed E-state index contributed by atoms with van der Waals surface area (Å²) in [7, 11) is 1.45. The molecule has 13 nitrogen and oxygen atoms in total. The van der Waals surface area contributed by atoms with Gasteiger partial charge in [0.15, 0.2) is 22.8 Å². The van der Waals surface area contributed by atoms with Crippen molar-refractivity contribution in [2.45, 2.75) is 45.4 Å². The van der Waals surface area contributed by atoms with E-state index in [0.717, 1.165) is 10.4 Å². The van der Waals surface area contributed by atoms with Gasteiger partial charge < -0.3 is 14.8 Å². The van der Waals surface area contributed by atoms with Crippen molar-refractivity contribution in [2.75, 3.05) is 23.3 Å². The number of hydrogen-bond acceptors (Lipinski definition) is 9. The molecule has 3 atom stereocenters. The molecule has 2 aliphatic rings. The summed E-state index contributed by atoms with van der Waals surface area (Å²) in [6, 6.07) is 2.80. The first-order valence-corrected chi connectivity index (χ1v) is 13.7. The Kier molecular flexibility index (Phi) is 6.50. The fourth-order valence-electron chi connectivity index (χ4n) is 5.66. The number of alkyl halides is 1. The van der Waals surface area contributed by atoms with E-state index >= 15 is 0 Å². The van der Waals surface area contributed by atoms with Crippen LogP contribution in [0.2, 0.25) is 0 Å². The Balaban J connectivity index is 1.20. The SMILES string of the molecule is CCC(=O)Cn1c(=O)c2c(ncn2[C@@H](C)C(=O)Nc2cncc(-c3ccc(N4CC5C(C4)C5(C)F)nc3)n2)n(C)c1=O. The van der Waals surface area contributed by atoms with Gasteiger partial charge in [-0.3, -0.25) is 28.5 Å². The topological polar surface area (TPSA) is 150 Å². The second-order valence-corrected chi connectivity index (χ2v) is 11.1. The molecule has 0 bridgehead atoms. The molecule has 1 N–H and O–H groups in total. The molecule has 4 aromatic heterocycles. The molecule has 42 heavy (non-hydrogen) atoms. The van der Waals surface area contributed by atoms with Crippen molar-refractivity contribution in [3.63, 3.8) is 0 Å². The highest BCUT2D eigenvalue weighted by molar-refractivity contribution is 5.93. The number of anilines is 2. The second kappa shape index (κ2) is 9.96. The number of aromatic nitrogens is 7. The van der Waals surface area contributed by atoms with Crippen LogP contribution in [0.3, 0.4) is 0 Å². The molecule has 1 saturated heterocycles. The van der Waals surface area contributed by atoms with Gasteiger partial charge in [-0.1, -0.05) is 6.92 Å². The van der Waals surface area contributed by atoms with Crippen molar-refractivity contribution in [3.05, 3.63) is 57.9 Å². The molecule has 6 rings (SSSR count). The van der Waals surface area contributed by atoms with E-state index in [2.05, 4.69) is 30.2 Å². The van der Waals surface area contributed by atoms with Gasteiger partial charge in [-0.05, 0) is 26.0 Å². The Morgan fingerprint density at radius 1 is 1.14 bits per heavy atom. The fourth-order valence-corrected chi connectivity index (χ4v) is 5.66. The number of aryl methyl sites for hydroxylation is 1. The van der Waals surface area contributed by atoms with E-state index in [0.29, 0.717) is 24.3 Å². The zero-order valence-electron chi connectivity index (χ0n) is 23.6. The van der Waals surface area contributed by atoms with Crippen LogP contribution in [-0.4, -0.2) is 64.1 Å². The first-order chi connectivity index (χ1) is 20.0. The fraction of sp³-hybridized carbons (Fsp3) is 0.429. The van der Waals surface area contributed by atoms with Gasteiger partial charge in [0.1, 0.15) is 17.5 Å². The van der Waals surface area contributed by atoms with E-state index in [-0.39, 0.29) is 47.6 Å². The van der Waals surface area contributed by atoms with Crippen molar-refractivity contribution in [1.29, 1.82) is 0 Å². The molecular formula is C28H30FN9O4. The van der Waals surface area contributed by atoms with Crippen molar-refractivity contribution in [2.24, 2.45) is 18.9 Å². The quantitative estimate of drug-likeness (QED) is 0.331. The van der Waals surface area contributed by atoms with Crippen LogP contribution < -0.4 is 21.5 Å². The van der Waals surface area contributed by atoms with E-state index in [4.69, 9.17) is 0 Å². The average Bonchev–Trinajstić information content (AvgIpc) is 3.41. The number of halogens is 1. The van der Waals surface area contributed by atoms with Gasteiger partial charge in [-0.15, -0.1) is 0 Å². The number of fused-ring (bicyclic) bond motifs is 2. The summed E-state index contributed by atoms with van der Waals surface area (Å²) >= 11 is 0. The standard InChI is InChI=1S/C28H30FN9O4/c1-5-17(39)11-37-26(41)23-24(35(4)27(37)42)32-14-38(23)15(2)25(40)34-21-10-30-9-20(33-21)16-6-7-22(31-8-16)36-12-18-19(13-36)28(18,3)29/h6-10,14-15,18-19H,5,11-13H2,1-4H3,(H,33,34,40)/t15-,18?,19?,28?/m0/s1. The zero-order chi connectivity index (χ0) is 29.9. The van der Waals surface area contributed by atoms with Crippen LogP contribution in [0.4, 0.5) is 16.0 Å². The van der Waals surface area contributed by atoms with Crippen LogP contribution in [0.1, 0.15) is 33.2 Å². The minimum absolute atomic E-state index is 0.0288. The monoisotopic (exact) mass is 575 g/mol. The van der Waals surface area contributed by atoms with Gasteiger partial charge in [0, 0.05) is 50.2 Å². The number of hydrogen-bond donors (Lipinski definition) is 1. The molecule has 2 fully saturated rings. The van der Waals surface area contributed by atoms with E-state index < -0.39 is 28.9 Å². The van der Waals surface area contributed by atoms with Crippen LogP contribution in [0.5, 0.6) is 0 Å². The molecule has 1 saturated carbocycles. The van der Waals surface area contributed by atoms with Crippen LogP contribution in [0, 0.1) is 11.8 Å². The highest BCUT2D eigenvalue weighted by Crippen LogP contribution is 2.58. The molecule has 0 aromatic carbocycles. The molecule has 4 aromatic rings. The number of Topliss-reactive ketones (excluding diaryl/α,β-unsaturated/α-hetero) is 1. The Morgan fingerprint density at radius 3 is 2.55 bits per heavy atom. The molecule has 14 heteroatoms. The summed E-state index contributed by atoms with van der Waals surface area (Å²) in [6.07, 6.45) is 6.11. The normalized spacial score (nSPS) is 21.8. The minimum atomic E-state index is -1.06. The van der Waals surface area contributed by atoms with Gasteiger partial charge in [-0.2, -0.15) is 0 Å². The zero-order valence-corrected chi connectivity index (χ0v) is 23.6. The largest absolute Gasteiger partial charge is 0.356 e. The number of imidazole rings is 1. The van der Waals surface area contributed by atoms with Crippen LogP contribution in [0.15, 0.2) is 46.6 Å². The number of nitrogens with zero attached hydrogens (tertiary/aromatic N) is 8. The number of ketones is 1. The number of pyridine rings is 1. The van der Waals surface area contributed by atoms with Crippen LogP contribution in [-0.2, 0) is 23.2 Å². The lowest BCUT2D eigenvalue weighted by atomic mass is 10.2. The number of nitrogens with one attached hydrogen (secondary N) is 1. The van der Waals surface area contributed by atoms with Crippen molar-refractivity contribution in [3.8, 4) is 11.3 Å².